The van der Waals surface area contributed by atoms with Crippen molar-refractivity contribution in [2.75, 3.05) is 0 Å². The Bertz CT molecular complexity index is 927. The molecule has 1 aliphatic carbocycles. The summed E-state index contributed by atoms with van der Waals surface area (Å²) in [5.41, 5.74) is 2.79. The summed E-state index contributed by atoms with van der Waals surface area (Å²) in [7, 11) is 1.93. The van der Waals surface area contributed by atoms with Crippen molar-refractivity contribution < 1.29 is 4.39 Å². The Morgan fingerprint density at radius 1 is 1.12 bits per heavy atom. The second-order valence-corrected chi connectivity index (χ2v) is 7.43. The van der Waals surface area contributed by atoms with E-state index < -0.39 is 11.6 Å². The highest BCUT2D eigenvalue weighted by Crippen LogP contribution is 2.50. The Labute approximate surface area is 157 Å². The molecule has 1 heterocycles. The number of halogens is 2. The van der Waals surface area contributed by atoms with E-state index in [9.17, 15) is 4.39 Å². The van der Waals surface area contributed by atoms with Gasteiger partial charge in [0.25, 0.3) is 0 Å². The van der Waals surface area contributed by atoms with Crippen LogP contribution >= 0.6 is 11.6 Å². The Morgan fingerprint density at radius 3 is 2.42 bits per heavy atom. The third-order valence-corrected chi connectivity index (χ3v) is 5.80. The van der Waals surface area contributed by atoms with E-state index in [0.717, 1.165) is 23.4 Å². The van der Waals surface area contributed by atoms with Gasteiger partial charge in [-0.05, 0) is 42.5 Å². The van der Waals surface area contributed by atoms with Crippen molar-refractivity contribution in [1.82, 2.24) is 14.8 Å². The van der Waals surface area contributed by atoms with Crippen LogP contribution in [0.5, 0.6) is 0 Å². The summed E-state index contributed by atoms with van der Waals surface area (Å²) in [6, 6.07) is 16.0. The zero-order valence-electron chi connectivity index (χ0n) is 14.9. The van der Waals surface area contributed by atoms with Crippen molar-refractivity contribution in [1.29, 1.82) is 0 Å². The molecule has 0 atom stereocenters. The summed E-state index contributed by atoms with van der Waals surface area (Å²) >= 11 is 6.33. The van der Waals surface area contributed by atoms with Gasteiger partial charge in [-0.25, -0.2) is 4.39 Å². The number of benzene rings is 2. The summed E-state index contributed by atoms with van der Waals surface area (Å²) in [5.74, 6) is 1.50. The molecule has 3 nitrogen and oxygen atoms in total. The summed E-state index contributed by atoms with van der Waals surface area (Å²) in [6.07, 6.45) is 1.06. The monoisotopic (exact) mass is 369 g/mol. The van der Waals surface area contributed by atoms with Gasteiger partial charge in [-0.3, -0.25) is 0 Å². The molecule has 1 saturated carbocycles. The van der Waals surface area contributed by atoms with Gasteiger partial charge in [0.05, 0.1) is 10.4 Å². The summed E-state index contributed by atoms with van der Waals surface area (Å²) in [5, 5.41) is 9.49. The van der Waals surface area contributed by atoms with Gasteiger partial charge in [-0.2, -0.15) is 0 Å². The zero-order valence-corrected chi connectivity index (χ0v) is 15.7. The van der Waals surface area contributed by atoms with Crippen molar-refractivity contribution >= 4 is 11.6 Å². The molecule has 0 aliphatic heterocycles. The average molecular weight is 370 g/mol. The van der Waals surface area contributed by atoms with E-state index in [2.05, 4.69) is 41.4 Å². The standard InChI is InChI=1S/C21H21ClFN3/c1-3-14-8-10-15(11-9-14)21(12-16(23)13-21)20-25-24-19(26(20)2)17-6-4-5-7-18(17)22/h4-11,16H,3,12-13H2,1-2H3. The summed E-state index contributed by atoms with van der Waals surface area (Å²) < 4.78 is 15.9. The molecule has 3 aromatic rings. The van der Waals surface area contributed by atoms with Crippen LogP contribution in [0.4, 0.5) is 4.39 Å². The van der Waals surface area contributed by atoms with Gasteiger partial charge >= 0.3 is 0 Å². The molecule has 1 fully saturated rings. The number of alkyl halides is 1. The molecule has 0 radical (unpaired) electrons. The lowest BCUT2D eigenvalue weighted by atomic mass is 9.62. The number of hydrogen-bond donors (Lipinski definition) is 0. The fraction of sp³-hybridized carbons (Fsp3) is 0.333. The zero-order chi connectivity index (χ0) is 18.3. The highest BCUT2D eigenvalue weighted by Gasteiger charge is 2.50. The van der Waals surface area contributed by atoms with Gasteiger partial charge in [0.15, 0.2) is 5.82 Å². The van der Waals surface area contributed by atoms with E-state index in [1.165, 1.54) is 5.56 Å². The van der Waals surface area contributed by atoms with E-state index >= 15 is 0 Å². The van der Waals surface area contributed by atoms with Gasteiger partial charge in [0.2, 0.25) is 0 Å². The first-order chi connectivity index (χ1) is 12.5. The van der Waals surface area contributed by atoms with Crippen LogP contribution in [0.25, 0.3) is 11.4 Å². The molecule has 26 heavy (non-hydrogen) atoms. The normalized spacial score (nSPS) is 22.2. The van der Waals surface area contributed by atoms with E-state index in [1.807, 2.05) is 35.9 Å². The van der Waals surface area contributed by atoms with Crippen LogP contribution in [0, 0.1) is 0 Å². The van der Waals surface area contributed by atoms with Crippen LogP contribution in [-0.4, -0.2) is 20.9 Å². The maximum absolute atomic E-state index is 14.0. The van der Waals surface area contributed by atoms with E-state index in [4.69, 9.17) is 11.6 Å². The Balaban J connectivity index is 1.80. The van der Waals surface area contributed by atoms with Crippen molar-refractivity contribution in [3.63, 3.8) is 0 Å². The van der Waals surface area contributed by atoms with Gasteiger partial charge in [0.1, 0.15) is 12.0 Å². The van der Waals surface area contributed by atoms with Crippen molar-refractivity contribution in [3.05, 3.63) is 70.5 Å². The van der Waals surface area contributed by atoms with Crippen LogP contribution in [0.1, 0.15) is 36.7 Å². The van der Waals surface area contributed by atoms with Gasteiger partial charge in [-0.1, -0.05) is 54.9 Å². The summed E-state index contributed by atoms with van der Waals surface area (Å²) in [4.78, 5) is 0. The largest absolute Gasteiger partial charge is 0.313 e. The lowest BCUT2D eigenvalue weighted by molar-refractivity contribution is 0.114. The molecule has 0 unspecified atom stereocenters. The number of rotatable bonds is 4. The second kappa shape index (κ2) is 6.51. The van der Waals surface area contributed by atoms with E-state index in [-0.39, 0.29) is 0 Å². The molecule has 0 bridgehead atoms. The number of hydrogen-bond acceptors (Lipinski definition) is 2. The predicted octanol–water partition coefficient (Wildman–Crippen LogP) is 5.12. The maximum Gasteiger partial charge on any atom is 0.165 e. The lowest BCUT2D eigenvalue weighted by Crippen LogP contribution is -2.45. The summed E-state index contributed by atoms with van der Waals surface area (Å²) in [6.45, 7) is 2.13. The fourth-order valence-corrected chi connectivity index (χ4v) is 4.15. The minimum absolute atomic E-state index is 0.424. The average Bonchev–Trinajstić information content (AvgIpc) is 3.01. The molecule has 134 valence electrons. The van der Waals surface area contributed by atoms with Crippen LogP contribution in [0.15, 0.2) is 48.5 Å². The predicted molar refractivity (Wildman–Crippen MR) is 102 cm³/mol. The van der Waals surface area contributed by atoms with E-state index in [1.54, 1.807) is 0 Å². The molecular weight excluding hydrogens is 349 g/mol. The molecule has 1 aromatic heterocycles. The molecule has 0 spiro atoms. The number of aromatic nitrogens is 3. The molecule has 2 aromatic carbocycles. The van der Waals surface area contributed by atoms with Gasteiger partial charge < -0.3 is 4.57 Å². The minimum atomic E-state index is -0.804. The van der Waals surface area contributed by atoms with Crippen LogP contribution < -0.4 is 0 Å². The Morgan fingerprint density at radius 2 is 1.81 bits per heavy atom. The van der Waals surface area contributed by atoms with Crippen LogP contribution in [0.2, 0.25) is 5.02 Å². The smallest absolute Gasteiger partial charge is 0.165 e. The quantitative estimate of drug-likeness (QED) is 0.639. The second-order valence-electron chi connectivity index (χ2n) is 7.02. The lowest BCUT2D eigenvalue weighted by Gasteiger charge is -2.43. The van der Waals surface area contributed by atoms with E-state index in [0.29, 0.717) is 23.7 Å². The number of aryl methyl sites for hydroxylation is 1. The SMILES string of the molecule is CCc1ccc(C2(c3nnc(-c4ccccc4Cl)n3C)CC(F)C2)cc1. The molecule has 0 amide bonds. The topological polar surface area (TPSA) is 30.7 Å². The fourth-order valence-electron chi connectivity index (χ4n) is 3.93. The first-order valence-electron chi connectivity index (χ1n) is 8.93. The highest BCUT2D eigenvalue weighted by molar-refractivity contribution is 6.33. The molecule has 1 aliphatic rings. The molecular formula is C21H21ClFN3. The maximum atomic E-state index is 14.0. The minimum Gasteiger partial charge on any atom is -0.313 e. The first-order valence-corrected chi connectivity index (χ1v) is 9.31. The first kappa shape index (κ1) is 17.2. The molecule has 0 N–H and O–H groups in total. The Hall–Kier alpha value is -2.20. The third-order valence-electron chi connectivity index (χ3n) is 5.47. The highest BCUT2D eigenvalue weighted by atomic mass is 35.5. The number of nitrogens with zero attached hydrogens (tertiary/aromatic N) is 3. The van der Waals surface area contributed by atoms with Crippen molar-refractivity contribution in [2.45, 2.75) is 37.8 Å². The molecule has 5 heteroatoms. The molecule has 0 saturated heterocycles. The molecule has 4 rings (SSSR count). The Kier molecular flexibility index (Phi) is 4.31. The third kappa shape index (κ3) is 2.64. The van der Waals surface area contributed by atoms with Crippen LogP contribution in [-0.2, 0) is 18.9 Å². The van der Waals surface area contributed by atoms with Gasteiger partial charge in [0, 0.05) is 12.6 Å². The van der Waals surface area contributed by atoms with Crippen molar-refractivity contribution in [3.8, 4) is 11.4 Å². The van der Waals surface area contributed by atoms with Crippen LogP contribution in [0.3, 0.4) is 0 Å². The van der Waals surface area contributed by atoms with Gasteiger partial charge in [-0.15, -0.1) is 10.2 Å². The van der Waals surface area contributed by atoms with Crippen molar-refractivity contribution in [2.24, 2.45) is 7.05 Å².